The van der Waals surface area contributed by atoms with Gasteiger partial charge in [0.15, 0.2) is 0 Å². The van der Waals surface area contributed by atoms with E-state index in [4.69, 9.17) is 9.47 Å². The summed E-state index contributed by atoms with van der Waals surface area (Å²) in [4.78, 5) is 14.6. The van der Waals surface area contributed by atoms with E-state index in [2.05, 4.69) is 17.2 Å². The molecule has 1 fully saturated rings. The van der Waals surface area contributed by atoms with Crippen LogP contribution < -0.4 is 9.47 Å². The van der Waals surface area contributed by atoms with Gasteiger partial charge in [-0.3, -0.25) is 9.48 Å². The highest BCUT2D eigenvalue weighted by Crippen LogP contribution is 2.30. The van der Waals surface area contributed by atoms with Crippen molar-refractivity contribution < 1.29 is 14.3 Å². The van der Waals surface area contributed by atoms with Crippen molar-refractivity contribution in [2.24, 2.45) is 7.05 Å². The molecule has 2 heterocycles. The number of ether oxygens (including phenoxy) is 2. The summed E-state index contributed by atoms with van der Waals surface area (Å²) >= 11 is 0. The molecule has 0 saturated carbocycles. The van der Waals surface area contributed by atoms with Crippen LogP contribution in [0.5, 0.6) is 11.6 Å². The van der Waals surface area contributed by atoms with Crippen molar-refractivity contribution in [1.29, 1.82) is 0 Å². The summed E-state index contributed by atoms with van der Waals surface area (Å²) in [5.41, 5.74) is 1.75. The molecule has 1 aliphatic heterocycles. The summed E-state index contributed by atoms with van der Waals surface area (Å²) in [6.07, 6.45) is 2.67. The zero-order valence-electron chi connectivity index (χ0n) is 13.7. The van der Waals surface area contributed by atoms with Gasteiger partial charge in [0.25, 0.3) is 5.91 Å². The first kappa shape index (κ1) is 15.4. The number of carbonyl (C=O) groups is 1. The van der Waals surface area contributed by atoms with E-state index in [1.54, 1.807) is 25.0 Å². The number of hydrogen-bond acceptors (Lipinski definition) is 4. The number of benzene rings is 1. The minimum Gasteiger partial charge on any atom is -0.497 e. The maximum atomic E-state index is 12.7. The number of methoxy groups -OCH3 is 2. The lowest BCUT2D eigenvalue weighted by atomic mass is 9.98. The highest BCUT2D eigenvalue weighted by molar-refractivity contribution is 5.96. The molecule has 1 aliphatic rings. The van der Waals surface area contributed by atoms with Gasteiger partial charge in [0.1, 0.15) is 11.3 Å². The Hall–Kier alpha value is -2.50. The first-order valence-electron chi connectivity index (χ1n) is 7.63. The number of aromatic nitrogens is 2. The largest absolute Gasteiger partial charge is 0.497 e. The molecule has 0 aliphatic carbocycles. The van der Waals surface area contributed by atoms with Crippen molar-refractivity contribution >= 4 is 5.91 Å². The summed E-state index contributed by atoms with van der Waals surface area (Å²) in [5.74, 6) is 1.56. The van der Waals surface area contributed by atoms with Crippen molar-refractivity contribution in [3.8, 4) is 11.6 Å². The lowest BCUT2D eigenvalue weighted by molar-refractivity contribution is 0.0787. The quantitative estimate of drug-likeness (QED) is 0.867. The third-order valence-electron chi connectivity index (χ3n) is 4.28. The Morgan fingerprint density at radius 1 is 1.22 bits per heavy atom. The predicted octanol–water partition coefficient (Wildman–Crippen LogP) is 2.07. The number of hydrogen-bond donors (Lipinski definition) is 0. The summed E-state index contributed by atoms with van der Waals surface area (Å²) in [5, 5.41) is 4.15. The number of rotatable bonds is 4. The van der Waals surface area contributed by atoms with Gasteiger partial charge in [-0.2, -0.15) is 0 Å². The zero-order chi connectivity index (χ0) is 16.4. The molecule has 0 bridgehead atoms. The molecule has 1 aromatic heterocycles. The van der Waals surface area contributed by atoms with Crippen LogP contribution in [0.4, 0.5) is 0 Å². The molecule has 6 heteroatoms. The number of amides is 1. The van der Waals surface area contributed by atoms with Gasteiger partial charge in [-0.25, -0.2) is 0 Å². The molecule has 0 spiro atoms. The highest BCUT2D eigenvalue weighted by Gasteiger charge is 2.30. The lowest BCUT2D eigenvalue weighted by Crippen LogP contribution is -2.28. The fourth-order valence-electron chi connectivity index (χ4n) is 3.03. The molecule has 0 unspecified atom stereocenters. The van der Waals surface area contributed by atoms with Crippen LogP contribution >= 0.6 is 0 Å². The Morgan fingerprint density at radius 3 is 2.61 bits per heavy atom. The van der Waals surface area contributed by atoms with Crippen molar-refractivity contribution in [2.45, 2.75) is 12.3 Å². The summed E-state index contributed by atoms with van der Waals surface area (Å²) < 4.78 is 12.0. The Bertz CT molecular complexity index is 694. The summed E-state index contributed by atoms with van der Waals surface area (Å²) in [6, 6.07) is 8.07. The van der Waals surface area contributed by atoms with Crippen LogP contribution in [0.25, 0.3) is 0 Å². The number of aryl methyl sites for hydroxylation is 1. The van der Waals surface area contributed by atoms with Gasteiger partial charge in [-0.15, -0.1) is 5.10 Å². The van der Waals surface area contributed by atoms with E-state index in [9.17, 15) is 4.79 Å². The third-order valence-corrected chi connectivity index (χ3v) is 4.28. The molecule has 1 saturated heterocycles. The summed E-state index contributed by atoms with van der Waals surface area (Å²) in [7, 11) is 4.97. The van der Waals surface area contributed by atoms with Gasteiger partial charge in [-0.1, -0.05) is 12.1 Å². The molecule has 2 aromatic rings. The standard InChI is InChI=1S/C17H21N3O3/c1-19-11-15(16(18-19)23-3)17(21)20-9-8-13(10-20)12-4-6-14(22-2)7-5-12/h4-7,11,13H,8-10H2,1-3H3/t13-/m1/s1. The van der Waals surface area contributed by atoms with Crippen molar-refractivity contribution in [3.63, 3.8) is 0 Å². The molecule has 0 N–H and O–H groups in total. The van der Waals surface area contributed by atoms with E-state index in [1.807, 2.05) is 17.0 Å². The van der Waals surface area contributed by atoms with Crippen LogP contribution in [0.1, 0.15) is 28.3 Å². The van der Waals surface area contributed by atoms with Gasteiger partial charge in [0.2, 0.25) is 5.88 Å². The van der Waals surface area contributed by atoms with Crippen LogP contribution in [-0.2, 0) is 7.05 Å². The average molecular weight is 315 g/mol. The van der Waals surface area contributed by atoms with E-state index in [1.165, 1.54) is 12.7 Å². The predicted molar refractivity (Wildman–Crippen MR) is 86.0 cm³/mol. The molecule has 23 heavy (non-hydrogen) atoms. The SMILES string of the molecule is COc1ccc([C@@H]2CCN(C(=O)c3cn(C)nc3OC)C2)cc1. The van der Waals surface area contributed by atoms with Crippen molar-refractivity contribution in [3.05, 3.63) is 41.6 Å². The number of carbonyl (C=O) groups excluding carboxylic acids is 1. The maximum Gasteiger partial charge on any atom is 0.260 e. The normalized spacial score (nSPS) is 17.3. The van der Waals surface area contributed by atoms with Crippen LogP contribution in [0.3, 0.4) is 0 Å². The molecule has 3 rings (SSSR count). The Morgan fingerprint density at radius 2 is 1.96 bits per heavy atom. The molecular formula is C17H21N3O3. The molecule has 0 radical (unpaired) electrons. The van der Waals surface area contributed by atoms with E-state index in [-0.39, 0.29) is 5.91 Å². The third kappa shape index (κ3) is 3.02. The van der Waals surface area contributed by atoms with E-state index >= 15 is 0 Å². The lowest BCUT2D eigenvalue weighted by Gasteiger charge is -2.16. The molecule has 6 nitrogen and oxygen atoms in total. The Labute approximate surface area is 135 Å². The maximum absolute atomic E-state index is 12.7. The summed E-state index contributed by atoms with van der Waals surface area (Å²) in [6.45, 7) is 1.46. The van der Waals surface area contributed by atoms with Crippen LogP contribution in [0.15, 0.2) is 30.5 Å². The first-order valence-corrected chi connectivity index (χ1v) is 7.63. The van der Waals surface area contributed by atoms with Gasteiger partial charge in [-0.05, 0) is 24.1 Å². The highest BCUT2D eigenvalue weighted by atomic mass is 16.5. The monoisotopic (exact) mass is 315 g/mol. The van der Waals surface area contributed by atoms with Crippen molar-refractivity contribution in [2.75, 3.05) is 27.3 Å². The fourth-order valence-corrected chi connectivity index (χ4v) is 3.03. The van der Waals surface area contributed by atoms with E-state index in [0.29, 0.717) is 23.9 Å². The van der Waals surface area contributed by atoms with Gasteiger partial charge >= 0.3 is 0 Å². The average Bonchev–Trinajstić information content (AvgIpc) is 3.21. The molecule has 1 aromatic carbocycles. The van der Waals surface area contributed by atoms with Gasteiger partial charge in [0.05, 0.1) is 14.2 Å². The Kier molecular flexibility index (Phi) is 4.23. The number of nitrogens with zero attached hydrogens (tertiary/aromatic N) is 3. The number of likely N-dealkylation sites (tertiary alicyclic amines) is 1. The van der Waals surface area contributed by atoms with Crippen molar-refractivity contribution in [1.82, 2.24) is 14.7 Å². The van der Waals surface area contributed by atoms with E-state index in [0.717, 1.165) is 18.7 Å². The second-order valence-corrected chi connectivity index (χ2v) is 5.74. The molecule has 1 atom stereocenters. The molecule has 122 valence electrons. The topological polar surface area (TPSA) is 56.6 Å². The smallest absolute Gasteiger partial charge is 0.260 e. The van der Waals surface area contributed by atoms with Gasteiger partial charge < -0.3 is 14.4 Å². The van der Waals surface area contributed by atoms with Gasteiger partial charge in [0, 0.05) is 32.3 Å². The minimum atomic E-state index is -0.0223. The second kappa shape index (κ2) is 6.32. The molecular weight excluding hydrogens is 294 g/mol. The zero-order valence-corrected chi connectivity index (χ0v) is 13.7. The second-order valence-electron chi connectivity index (χ2n) is 5.74. The van der Waals surface area contributed by atoms with Crippen LogP contribution in [0.2, 0.25) is 0 Å². The Balaban J connectivity index is 1.72. The fraction of sp³-hybridized carbons (Fsp3) is 0.412. The first-order chi connectivity index (χ1) is 11.1. The molecule has 1 amide bonds. The minimum absolute atomic E-state index is 0.0223. The van der Waals surface area contributed by atoms with Crippen LogP contribution in [-0.4, -0.2) is 47.9 Å². The van der Waals surface area contributed by atoms with E-state index < -0.39 is 0 Å². The van der Waals surface area contributed by atoms with Crippen LogP contribution in [0, 0.1) is 0 Å².